The van der Waals surface area contributed by atoms with Crippen molar-refractivity contribution in [1.29, 1.82) is 0 Å². The van der Waals surface area contributed by atoms with Crippen LogP contribution in [0.15, 0.2) is 24.3 Å². The van der Waals surface area contributed by atoms with E-state index in [1.807, 2.05) is 19.9 Å². The molecule has 0 aliphatic rings. The second-order valence-electron chi connectivity index (χ2n) is 4.84. The molecule has 0 bridgehead atoms. The van der Waals surface area contributed by atoms with E-state index < -0.39 is 0 Å². The van der Waals surface area contributed by atoms with Crippen LogP contribution in [-0.2, 0) is 11.2 Å². The summed E-state index contributed by atoms with van der Waals surface area (Å²) in [5.74, 6) is -0.253. The van der Waals surface area contributed by atoms with Crippen molar-refractivity contribution in [3.05, 3.63) is 35.6 Å². The van der Waals surface area contributed by atoms with E-state index in [0.717, 1.165) is 12.0 Å². The van der Waals surface area contributed by atoms with Crippen LogP contribution in [0.3, 0.4) is 0 Å². The molecular weight excluding hydrogens is 259 g/mol. The number of urea groups is 1. The van der Waals surface area contributed by atoms with Crippen LogP contribution < -0.4 is 10.6 Å². The van der Waals surface area contributed by atoms with Crippen LogP contribution in [0.4, 0.5) is 9.18 Å². The Morgan fingerprint density at radius 3 is 2.75 bits per heavy atom. The highest BCUT2D eigenvalue weighted by atomic mass is 19.1. The molecule has 0 aliphatic heterocycles. The van der Waals surface area contributed by atoms with Crippen LogP contribution in [0.25, 0.3) is 0 Å². The van der Waals surface area contributed by atoms with Gasteiger partial charge in [0, 0.05) is 19.7 Å². The van der Waals surface area contributed by atoms with Crippen molar-refractivity contribution in [2.45, 2.75) is 32.8 Å². The first-order valence-electron chi connectivity index (χ1n) is 6.95. The summed E-state index contributed by atoms with van der Waals surface area (Å²) in [5, 5.41) is 5.49. The molecule has 20 heavy (non-hydrogen) atoms. The van der Waals surface area contributed by atoms with E-state index >= 15 is 0 Å². The molecule has 5 heteroatoms. The van der Waals surface area contributed by atoms with Crippen molar-refractivity contribution in [3.8, 4) is 0 Å². The highest BCUT2D eigenvalue weighted by Gasteiger charge is 2.00. The zero-order valence-electron chi connectivity index (χ0n) is 12.1. The summed E-state index contributed by atoms with van der Waals surface area (Å²) in [6.07, 6.45) is 1.62. The lowest BCUT2D eigenvalue weighted by Crippen LogP contribution is -2.37. The molecule has 2 N–H and O–H groups in total. The summed E-state index contributed by atoms with van der Waals surface area (Å²) in [6.45, 7) is 5.66. The van der Waals surface area contributed by atoms with Gasteiger partial charge in [0.05, 0.1) is 6.10 Å². The molecule has 112 valence electrons. The molecule has 0 aliphatic carbocycles. The Kier molecular flexibility index (Phi) is 7.65. The molecule has 0 unspecified atom stereocenters. The number of hydrogen-bond acceptors (Lipinski definition) is 2. The van der Waals surface area contributed by atoms with Gasteiger partial charge in [-0.1, -0.05) is 12.1 Å². The molecular formula is C15H23FN2O2. The lowest BCUT2D eigenvalue weighted by atomic mass is 10.1. The number of hydrogen-bond donors (Lipinski definition) is 2. The zero-order valence-corrected chi connectivity index (χ0v) is 12.1. The number of carbonyl (C=O) groups is 1. The number of benzene rings is 1. The third-order valence-electron chi connectivity index (χ3n) is 2.65. The fourth-order valence-corrected chi connectivity index (χ4v) is 1.67. The van der Waals surface area contributed by atoms with Gasteiger partial charge in [-0.3, -0.25) is 0 Å². The molecule has 0 atom stereocenters. The number of amides is 2. The fourth-order valence-electron chi connectivity index (χ4n) is 1.67. The SMILES string of the molecule is CC(C)OCCCNC(=O)NCCc1cccc(F)c1. The van der Waals surface area contributed by atoms with E-state index in [2.05, 4.69) is 10.6 Å². The topological polar surface area (TPSA) is 50.4 Å². The van der Waals surface area contributed by atoms with Gasteiger partial charge in [0.25, 0.3) is 0 Å². The van der Waals surface area contributed by atoms with Crippen molar-refractivity contribution in [2.75, 3.05) is 19.7 Å². The quantitative estimate of drug-likeness (QED) is 0.720. The largest absolute Gasteiger partial charge is 0.379 e. The van der Waals surface area contributed by atoms with Crippen molar-refractivity contribution in [3.63, 3.8) is 0 Å². The third-order valence-corrected chi connectivity index (χ3v) is 2.65. The predicted octanol–water partition coefficient (Wildman–Crippen LogP) is 2.48. The van der Waals surface area contributed by atoms with Gasteiger partial charge in [-0.15, -0.1) is 0 Å². The second kappa shape index (κ2) is 9.31. The molecule has 0 heterocycles. The average molecular weight is 282 g/mol. The van der Waals surface area contributed by atoms with Crippen molar-refractivity contribution in [2.24, 2.45) is 0 Å². The minimum absolute atomic E-state index is 0.203. The lowest BCUT2D eigenvalue weighted by Gasteiger charge is -2.09. The molecule has 0 fully saturated rings. The Hall–Kier alpha value is -1.62. The molecule has 0 saturated carbocycles. The number of rotatable bonds is 8. The van der Waals surface area contributed by atoms with E-state index in [1.165, 1.54) is 12.1 Å². The Labute approximate surface area is 119 Å². The van der Waals surface area contributed by atoms with Gasteiger partial charge in [0.15, 0.2) is 0 Å². The molecule has 0 aromatic heterocycles. The van der Waals surface area contributed by atoms with Crippen LogP contribution >= 0.6 is 0 Å². The highest BCUT2D eigenvalue weighted by molar-refractivity contribution is 5.73. The first kappa shape index (κ1) is 16.4. The third kappa shape index (κ3) is 7.74. The van der Waals surface area contributed by atoms with E-state index in [4.69, 9.17) is 4.74 Å². The minimum atomic E-state index is -0.253. The maximum atomic E-state index is 12.9. The summed E-state index contributed by atoms with van der Waals surface area (Å²) in [6, 6.07) is 6.18. The van der Waals surface area contributed by atoms with E-state index in [9.17, 15) is 9.18 Å². The first-order chi connectivity index (χ1) is 9.58. The van der Waals surface area contributed by atoms with Crippen molar-refractivity contribution in [1.82, 2.24) is 10.6 Å². The first-order valence-corrected chi connectivity index (χ1v) is 6.95. The maximum Gasteiger partial charge on any atom is 0.314 e. The molecule has 1 aromatic carbocycles. The Morgan fingerprint density at radius 2 is 2.05 bits per heavy atom. The lowest BCUT2D eigenvalue weighted by molar-refractivity contribution is 0.0774. The Balaban J connectivity index is 2.05. The Bertz CT molecular complexity index is 411. The molecule has 1 rings (SSSR count). The van der Waals surface area contributed by atoms with Gasteiger partial charge in [-0.2, -0.15) is 0 Å². The maximum absolute atomic E-state index is 12.9. The summed E-state index contributed by atoms with van der Waals surface area (Å²) >= 11 is 0. The van der Waals surface area contributed by atoms with Crippen LogP contribution in [-0.4, -0.2) is 31.8 Å². The van der Waals surface area contributed by atoms with Crippen LogP contribution in [0.5, 0.6) is 0 Å². The van der Waals surface area contributed by atoms with Gasteiger partial charge < -0.3 is 15.4 Å². The molecule has 0 spiro atoms. The van der Waals surface area contributed by atoms with Crippen LogP contribution in [0.2, 0.25) is 0 Å². The molecule has 2 amide bonds. The average Bonchev–Trinajstić information content (AvgIpc) is 2.38. The fraction of sp³-hybridized carbons (Fsp3) is 0.533. The van der Waals surface area contributed by atoms with Crippen LogP contribution in [0.1, 0.15) is 25.8 Å². The standard InChI is InChI=1S/C15H23FN2O2/c1-12(2)20-10-4-8-17-15(19)18-9-7-13-5-3-6-14(16)11-13/h3,5-6,11-12H,4,7-10H2,1-2H3,(H2,17,18,19). The number of carbonyl (C=O) groups excluding carboxylic acids is 1. The van der Waals surface area contributed by atoms with Gasteiger partial charge in [-0.05, 0) is 44.4 Å². The van der Waals surface area contributed by atoms with Gasteiger partial charge in [-0.25, -0.2) is 9.18 Å². The summed E-state index contributed by atoms with van der Waals surface area (Å²) < 4.78 is 18.3. The van der Waals surface area contributed by atoms with Crippen molar-refractivity contribution < 1.29 is 13.9 Å². The summed E-state index contributed by atoms with van der Waals surface area (Å²) in [5.41, 5.74) is 0.871. The summed E-state index contributed by atoms with van der Waals surface area (Å²) in [4.78, 5) is 11.5. The smallest absolute Gasteiger partial charge is 0.314 e. The summed E-state index contributed by atoms with van der Waals surface area (Å²) in [7, 11) is 0. The normalized spacial score (nSPS) is 10.6. The van der Waals surface area contributed by atoms with Gasteiger partial charge in [0.1, 0.15) is 5.82 Å². The Morgan fingerprint density at radius 1 is 1.30 bits per heavy atom. The van der Waals surface area contributed by atoms with E-state index in [-0.39, 0.29) is 18.0 Å². The van der Waals surface area contributed by atoms with Gasteiger partial charge in [0.2, 0.25) is 0 Å². The highest BCUT2D eigenvalue weighted by Crippen LogP contribution is 2.03. The minimum Gasteiger partial charge on any atom is -0.379 e. The van der Waals surface area contributed by atoms with Gasteiger partial charge >= 0.3 is 6.03 Å². The zero-order chi connectivity index (χ0) is 14.8. The molecule has 0 radical (unpaired) electrons. The predicted molar refractivity (Wildman–Crippen MR) is 77.2 cm³/mol. The second-order valence-corrected chi connectivity index (χ2v) is 4.84. The van der Waals surface area contributed by atoms with E-state index in [0.29, 0.717) is 26.1 Å². The van der Waals surface area contributed by atoms with Crippen molar-refractivity contribution >= 4 is 6.03 Å². The molecule has 0 saturated heterocycles. The van der Waals surface area contributed by atoms with E-state index in [1.54, 1.807) is 6.07 Å². The van der Waals surface area contributed by atoms with Crippen LogP contribution in [0, 0.1) is 5.82 Å². The number of halogens is 1. The number of nitrogens with one attached hydrogen (secondary N) is 2. The molecule has 4 nitrogen and oxygen atoms in total. The number of ether oxygens (including phenoxy) is 1. The molecule has 1 aromatic rings. The monoisotopic (exact) mass is 282 g/mol.